The molecule has 0 saturated carbocycles. The molecule has 0 aliphatic carbocycles. The van der Waals surface area contributed by atoms with Gasteiger partial charge in [0, 0.05) is 49.1 Å². The molecule has 214 valence electrons. The van der Waals surface area contributed by atoms with Crippen LogP contribution in [0.25, 0.3) is 11.1 Å². The van der Waals surface area contributed by atoms with Gasteiger partial charge in [0.05, 0.1) is 22.8 Å². The first-order valence-electron chi connectivity index (χ1n) is 13.4. The van der Waals surface area contributed by atoms with Crippen LogP contribution in [0.5, 0.6) is 11.5 Å². The van der Waals surface area contributed by atoms with Crippen LogP contribution in [0.2, 0.25) is 5.02 Å². The number of ether oxygens (including phenoxy) is 2. The molecule has 0 bridgehead atoms. The summed E-state index contributed by atoms with van der Waals surface area (Å²) in [5.41, 5.74) is 5.88. The van der Waals surface area contributed by atoms with Crippen molar-refractivity contribution >= 4 is 17.6 Å². The molecule has 0 radical (unpaired) electrons. The minimum absolute atomic E-state index is 0.148. The molecule has 0 amide bonds. The number of β-amino-alcohol motifs (C(OH)–C–C–N with tert-alkyl or cyclic N) is 1. The van der Waals surface area contributed by atoms with Gasteiger partial charge < -0.3 is 19.7 Å². The van der Waals surface area contributed by atoms with Gasteiger partial charge in [-0.3, -0.25) is 9.69 Å². The standard InChI is InChI=1S/C32H29ClN4O5/c1-20-23(6-3-7-27(20)25-13-35-19-36-14-25)18-42-31-11-30(41-17-22-5-2-4-21(8-22)12-34)24(9-28(31)33)15-37-16-26(38)10-29(37)32(39)40/h2-9,11,13-14,19,26,29,38H,10,15-18H2,1H3,(H,39,40)/t26-,29-/m0/s1. The summed E-state index contributed by atoms with van der Waals surface area (Å²) in [5.74, 6) is -0.118. The molecule has 0 spiro atoms. The molecule has 3 aromatic carbocycles. The maximum Gasteiger partial charge on any atom is 0.321 e. The number of aliphatic hydroxyl groups is 1. The average molecular weight is 585 g/mol. The maximum absolute atomic E-state index is 11.8. The molecule has 1 aromatic heterocycles. The highest BCUT2D eigenvalue weighted by molar-refractivity contribution is 6.32. The van der Waals surface area contributed by atoms with Crippen molar-refractivity contribution < 1.29 is 24.5 Å². The molecule has 5 rings (SSSR count). The van der Waals surface area contributed by atoms with Crippen LogP contribution >= 0.6 is 11.6 Å². The molecule has 4 aromatic rings. The molecule has 1 fully saturated rings. The van der Waals surface area contributed by atoms with E-state index >= 15 is 0 Å². The Balaban J connectivity index is 1.41. The van der Waals surface area contributed by atoms with Gasteiger partial charge >= 0.3 is 5.97 Å². The quantitative estimate of drug-likeness (QED) is 0.260. The number of carboxylic acid groups (broad SMARTS) is 1. The van der Waals surface area contributed by atoms with Gasteiger partial charge in [-0.25, -0.2) is 9.97 Å². The fourth-order valence-electron chi connectivity index (χ4n) is 5.11. The van der Waals surface area contributed by atoms with Gasteiger partial charge in [0.15, 0.2) is 0 Å². The van der Waals surface area contributed by atoms with Crippen molar-refractivity contribution in [2.45, 2.75) is 45.2 Å². The number of aliphatic hydroxyl groups excluding tert-OH is 1. The van der Waals surface area contributed by atoms with E-state index in [0.717, 1.165) is 27.8 Å². The third kappa shape index (κ3) is 6.69. The summed E-state index contributed by atoms with van der Waals surface area (Å²) in [4.78, 5) is 21.8. The number of hydrogen-bond acceptors (Lipinski definition) is 8. The number of aromatic nitrogens is 2. The Morgan fingerprint density at radius 1 is 1.07 bits per heavy atom. The van der Waals surface area contributed by atoms with Crippen molar-refractivity contribution in [3.05, 3.63) is 106 Å². The lowest BCUT2D eigenvalue weighted by Crippen LogP contribution is -2.35. The van der Waals surface area contributed by atoms with E-state index in [0.29, 0.717) is 27.6 Å². The Bertz CT molecular complexity index is 1630. The predicted molar refractivity (Wildman–Crippen MR) is 156 cm³/mol. The van der Waals surface area contributed by atoms with Gasteiger partial charge in [-0.2, -0.15) is 5.26 Å². The molecular formula is C32H29ClN4O5. The monoisotopic (exact) mass is 584 g/mol. The number of nitrogens with zero attached hydrogens (tertiary/aromatic N) is 4. The van der Waals surface area contributed by atoms with E-state index in [-0.39, 0.29) is 32.7 Å². The normalized spacial score (nSPS) is 16.6. The molecule has 2 atom stereocenters. The summed E-state index contributed by atoms with van der Waals surface area (Å²) in [7, 11) is 0. The first-order chi connectivity index (χ1) is 20.3. The van der Waals surface area contributed by atoms with Gasteiger partial charge in [-0.1, -0.05) is 41.9 Å². The Hall–Kier alpha value is -4.49. The second-order valence-corrected chi connectivity index (χ2v) is 10.6. The molecule has 0 unspecified atom stereocenters. The number of nitriles is 1. The van der Waals surface area contributed by atoms with Crippen LogP contribution in [0.15, 0.2) is 73.3 Å². The summed E-state index contributed by atoms with van der Waals surface area (Å²) < 4.78 is 12.4. The molecule has 2 heterocycles. The number of rotatable bonds is 10. The van der Waals surface area contributed by atoms with Crippen molar-refractivity contribution in [1.29, 1.82) is 5.26 Å². The molecule has 1 aliphatic heterocycles. The highest BCUT2D eigenvalue weighted by Gasteiger charge is 2.36. The number of carbonyl (C=O) groups is 1. The Morgan fingerprint density at radius 2 is 1.83 bits per heavy atom. The SMILES string of the molecule is Cc1c(COc2cc(OCc3cccc(C#N)c3)c(CN3C[C@@H](O)C[C@H]3C(=O)O)cc2Cl)cccc1-c1cncnc1. The van der Waals surface area contributed by atoms with Gasteiger partial charge in [-0.05, 0) is 47.4 Å². The van der Waals surface area contributed by atoms with Gasteiger partial charge in [0.1, 0.15) is 37.1 Å². The van der Waals surface area contributed by atoms with E-state index in [1.165, 1.54) is 6.33 Å². The van der Waals surface area contributed by atoms with E-state index in [2.05, 4.69) is 16.0 Å². The number of aliphatic carboxylic acids is 1. The Morgan fingerprint density at radius 3 is 2.60 bits per heavy atom. The van der Waals surface area contributed by atoms with E-state index < -0.39 is 18.1 Å². The molecule has 1 aliphatic rings. The van der Waals surface area contributed by atoms with Crippen molar-refractivity contribution in [3.8, 4) is 28.7 Å². The molecule has 2 N–H and O–H groups in total. The predicted octanol–water partition coefficient (Wildman–Crippen LogP) is 5.15. The topological polar surface area (TPSA) is 129 Å². The van der Waals surface area contributed by atoms with Crippen LogP contribution in [-0.2, 0) is 24.6 Å². The lowest BCUT2D eigenvalue weighted by atomic mass is 9.99. The highest BCUT2D eigenvalue weighted by Crippen LogP contribution is 2.36. The molecular weight excluding hydrogens is 556 g/mol. The first kappa shape index (κ1) is 29.0. The Kier molecular flexibility index (Phi) is 8.98. The fraction of sp³-hybridized carbons (Fsp3) is 0.250. The minimum atomic E-state index is -0.993. The van der Waals surface area contributed by atoms with E-state index in [4.69, 9.17) is 21.1 Å². The fourth-order valence-corrected chi connectivity index (χ4v) is 5.35. The van der Waals surface area contributed by atoms with E-state index in [1.807, 2.05) is 31.2 Å². The van der Waals surface area contributed by atoms with Crippen LogP contribution in [0.3, 0.4) is 0 Å². The average Bonchev–Trinajstić information content (AvgIpc) is 3.37. The summed E-state index contributed by atoms with van der Waals surface area (Å²) in [6.07, 6.45) is 4.43. The van der Waals surface area contributed by atoms with Gasteiger partial charge in [-0.15, -0.1) is 0 Å². The summed E-state index contributed by atoms with van der Waals surface area (Å²) in [6, 6.07) is 17.8. The van der Waals surface area contributed by atoms with Crippen LogP contribution in [0.1, 0.15) is 34.2 Å². The molecule has 9 nitrogen and oxygen atoms in total. The minimum Gasteiger partial charge on any atom is -0.488 e. The van der Waals surface area contributed by atoms with Crippen LogP contribution in [0, 0.1) is 18.3 Å². The van der Waals surface area contributed by atoms with Crippen molar-refractivity contribution in [2.24, 2.45) is 0 Å². The zero-order valence-corrected chi connectivity index (χ0v) is 23.7. The van der Waals surface area contributed by atoms with Crippen LogP contribution in [-0.4, -0.2) is 49.7 Å². The maximum atomic E-state index is 11.8. The number of hydrogen-bond donors (Lipinski definition) is 2. The zero-order valence-electron chi connectivity index (χ0n) is 22.9. The van der Waals surface area contributed by atoms with Gasteiger partial charge in [0.25, 0.3) is 0 Å². The number of benzene rings is 3. The number of carboxylic acids is 1. The molecule has 1 saturated heterocycles. The van der Waals surface area contributed by atoms with Crippen molar-refractivity contribution in [3.63, 3.8) is 0 Å². The largest absolute Gasteiger partial charge is 0.488 e. The Labute approximate surface area is 248 Å². The second-order valence-electron chi connectivity index (χ2n) is 10.2. The lowest BCUT2D eigenvalue weighted by molar-refractivity contribution is -0.142. The third-order valence-corrected chi connectivity index (χ3v) is 7.60. The smallest absolute Gasteiger partial charge is 0.321 e. The molecule has 10 heteroatoms. The second kappa shape index (κ2) is 13.0. The van der Waals surface area contributed by atoms with Gasteiger partial charge in [0.2, 0.25) is 0 Å². The summed E-state index contributed by atoms with van der Waals surface area (Å²) >= 11 is 6.69. The third-order valence-electron chi connectivity index (χ3n) is 7.31. The zero-order chi connectivity index (χ0) is 29.6. The van der Waals surface area contributed by atoms with Crippen molar-refractivity contribution in [2.75, 3.05) is 6.54 Å². The summed E-state index contributed by atoms with van der Waals surface area (Å²) in [6.45, 7) is 2.86. The van der Waals surface area contributed by atoms with E-state index in [9.17, 15) is 20.3 Å². The number of halogens is 1. The van der Waals surface area contributed by atoms with Crippen molar-refractivity contribution in [1.82, 2.24) is 14.9 Å². The molecule has 42 heavy (non-hydrogen) atoms. The van der Waals surface area contributed by atoms with Crippen LogP contribution in [0.4, 0.5) is 0 Å². The number of likely N-dealkylation sites (tertiary alicyclic amines) is 1. The first-order valence-corrected chi connectivity index (χ1v) is 13.8. The lowest BCUT2D eigenvalue weighted by Gasteiger charge is -2.23. The van der Waals surface area contributed by atoms with E-state index in [1.54, 1.807) is 47.6 Å². The van der Waals surface area contributed by atoms with Crippen LogP contribution < -0.4 is 9.47 Å². The summed E-state index contributed by atoms with van der Waals surface area (Å²) in [5, 5.41) is 29.4. The highest BCUT2D eigenvalue weighted by atomic mass is 35.5.